The van der Waals surface area contributed by atoms with Gasteiger partial charge in [-0.2, -0.15) is 8.42 Å². The highest BCUT2D eigenvalue weighted by atomic mass is 32.2. The largest absolute Gasteiger partial charge is 0.294 e. The van der Waals surface area contributed by atoms with Crippen molar-refractivity contribution >= 4 is 10.1 Å². The summed E-state index contributed by atoms with van der Waals surface area (Å²) < 4.78 is 31.0. The molecular weight excluding hydrogens is 296 g/mol. The zero-order valence-corrected chi connectivity index (χ0v) is 14.7. The van der Waals surface area contributed by atoms with Crippen LogP contribution in [0.25, 0.3) is 0 Å². The van der Waals surface area contributed by atoms with Crippen molar-refractivity contribution in [1.29, 1.82) is 0 Å². The molecule has 0 aromatic heterocycles. The molecule has 3 nitrogen and oxygen atoms in total. The van der Waals surface area contributed by atoms with Crippen molar-refractivity contribution in [3.8, 4) is 0 Å². The summed E-state index contributed by atoms with van der Waals surface area (Å²) in [6.45, 7) is 4.41. The zero-order chi connectivity index (χ0) is 16.4. The predicted molar refractivity (Wildman–Crippen MR) is 91.9 cm³/mol. The van der Waals surface area contributed by atoms with E-state index in [-0.39, 0.29) is 4.90 Å². The van der Waals surface area contributed by atoms with Crippen molar-refractivity contribution in [3.63, 3.8) is 0 Å². The van der Waals surface area contributed by atoms with Gasteiger partial charge in [-0.3, -0.25) is 4.55 Å². The maximum atomic E-state index is 11.0. The summed E-state index contributed by atoms with van der Waals surface area (Å²) in [5.41, 5.74) is 1.13. The van der Waals surface area contributed by atoms with Gasteiger partial charge in [-0.1, -0.05) is 77.3 Å². The van der Waals surface area contributed by atoms with Gasteiger partial charge in [-0.15, -0.1) is 0 Å². The van der Waals surface area contributed by atoms with Gasteiger partial charge >= 0.3 is 0 Å². The van der Waals surface area contributed by atoms with Gasteiger partial charge in [0.2, 0.25) is 0 Å². The van der Waals surface area contributed by atoms with E-state index < -0.39 is 10.1 Å². The van der Waals surface area contributed by atoms with Crippen molar-refractivity contribution in [2.75, 3.05) is 0 Å². The summed E-state index contributed by atoms with van der Waals surface area (Å²) in [7, 11) is -4.08. The molecule has 1 atom stereocenters. The van der Waals surface area contributed by atoms with Gasteiger partial charge in [-0.25, -0.2) is 0 Å². The fourth-order valence-corrected chi connectivity index (χ4v) is 3.20. The molecule has 1 N–H and O–H groups in total. The van der Waals surface area contributed by atoms with Gasteiger partial charge < -0.3 is 0 Å². The van der Waals surface area contributed by atoms with E-state index >= 15 is 0 Å². The SMILES string of the molecule is CCCCCCCCCCC(C)c1ccc(S(=O)(=O)O)cc1. The monoisotopic (exact) mass is 326 g/mol. The van der Waals surface area contributed by atoms with Crippen LogP contribution in [0.5, 0.6) is 0 Å². The highest BCUT2D eigenvalue weighted by molar-refractivity contribution is 7.85. The van der Waals surface area contributed by atoms with Crippen LogP contribution < -0.4 is 0 Å². The molecule has 0 fully saturated rings. The Morgan fingerprint density at radius 3 is 1.91 bits per heavy atom. The summed E-state index contributed by atoms with van der Waals surface area (Å²) in [5.74, 6) is 0.426. The first kappa shape index (κ1) is 19.2. The number of benzene rings is 1. The molecule has 0 bridgehead atoms. The van der Waals surface area contributed by atoms with Crippen molar-refractivity contribution in [2.45, 2.75) is 82.4 Å². The second-order valence-electron chi connectivity index (χ2n) is 6.21. The highest BCUT2D eigenvalue weighted by Crippen LogP contribution is 2.23. The first-order chi connectivity index (χ1) is 10.4. The Morgan fingerprint density at radius 2 is 1.41 bits per heavy atom. The minimum atomic E-state index is -4.08. The Kier molecular flexibility index (Phi) is 8.72. The molecule has 0 radical (unpaired) electrons. The second kappa shape index (κ2) is 10.0. The molecule has 0 spiro atoms. The topological polar surface area (TPSA) is 54.4 Å². The lowest BCUT2D eigenvalue weighted by atomic mass is 9.95. The average molecular weight is 327 g/mol. The van der Waals surface area contributed by atoms with E-state index in [9.17, 15) is 8.42 Å². The molecule has 0 aliphatic heterocycles. The second-order valence-corrected chi connectivity index (χ2v) is 7.63. The Balaban J connectivity index is 2.24. The van der Waals surface area contributed by atoms with E-state index in [0.29, 0.717) is 5.92 Å². The standard InChI is InChI=1S/C18H30O3S/c1-3-4-5-6-7-8-9-10-11-16(2)17-12-14-18(15-13-17)22(19,20)21/h12-16H,3-11H2,1-2H3,(H,19,20,21). The maximum Gasteiger partial charge on any atom is 0.294 e. The fraction of sp³-hybridized carbons (Fsp3) is 0.667. The first-order valence-corrected chi connectivity index (χ1v) is 9.96. The van der Waals surface area contributed by atoms with Crippen LogP contribution in [0.1, 0.15) is 83.1 Å². The summed E-state index contributed by atoms with van der Waals surface area (Å²) in [5, 5.41) is 0. The molecule has 0 aliphatic rings. The Bertz CT molecular complexity index is 506. The van der Waals surface area contributed by atoms with E-state index in [1.54, 1.807) is 12.1 Å². The van der Waals surface area contributed by atoms with Gasteiger partial charge in [-0.05, 0) is 30.0 Å². The van der Waals surface area contributed by atoms with E-state index in [0.717, 1.165) is 12.0 Å². The summed E-state index contributed by atoms with van der Waals surface area (Å²) in [6, 6.07) is 6.57. The first-order valence-electron chi connectivity index (χ1n) is 8.52. The molecule has 0 saturated carbocycles. The minimum absolute atomic E-state index is 0.0319. The molecule has 0 heterocycles. The molecule has 1 unspecified atom stereocenters. The zero-order valence-electron chi connectivity index (χ0n) is 13.9. The molecule has 1 aromatic rings. The van der Waals surface area contributed by atoms with Crippen molar-refractivity contribution in [2.24, 2.45) is 0 Å². The molecule has 4 heteroatoms. The van der Waals surface area contributed by atoms with Crippen LogP contribution in [0.2, 0.25) is 0 Å². The van der Waals surface area contributed by atoms with E-state index in [1.165, 1.54) is 63.5 Å². The quantitative estimate of drug-likeness (QED) is 0.427. The van der Waals surface area contributed by atoms with Gasteiger partial charge in [0.15, 0.2) is 0 Å². The van der Waals surface area contributed by atoms with Crippen molar-refractivity contribution in [3.05, 3.63) is 29.8 Å². The lowest BCUT2D eigenvalue weighted by Gasteiger charge is -2.12. The Morgan fingerprint density at radius 1 is 0.909 bits per heavy atom. The fourth-order valence-electron chi connectivity index (χ4n) is 2.72. The van der Waals surface area contributed by atoms with Crippen LogP contribution >= 0.6 is 0 Å². The summed E-state index contributed by atoms with van der Waals surface area (Å²) in [6.07, 6.45) is 11.7. The highest BCUT2D eigenvalue weighted by Gasteiger charge is 2.10. The third kappa shape index (κ3) is 7.41. The maximum absolute atomic E-state index is 11.0. The van der Waals surface area contributed by atoms with Gasteiger partial charge in [0.25, 0.3) is 10.1 Å². The summed E-state index contributed by atoms with van der Waals surface area (Å²) >= 11 is 0. The molecule has 126 valence electrons. The third-order valence-corrected chi connectivity index (χ3v) is 5.11. The minimum Gasteiger partial charge on any atom is -0.282 e. The molecule has 1 rings (SSSR count). The predicted octanol–water partition coefficient (Wildman–Crippen LogP) is 5.57. The Labute approximate surface area is 135 Å². The number of rotatable bonds is 11. The molecule has 0 amide bonds. The van der Waals surface area contributed by atoms with Crippen LogP contribution in [0.15, 0.2) is 29.2 Å². The molecule has 1 aromatic carbocycles. The normalized spacial score (nSPS) is 13.2. The smallest absolute Gasteiger partial charge is 0.282 e. The van der Waals surface area contributed by atoms with Crippen LogP contribution in [-0.4, -0.2) is 13.0 Å². The van der Waals surface area contributed by atoms with Crippen LogP contribution in [-0.2, 0) is 10.1 Å². The Hall–Kier alpha value is -0.870. The molecule has 0 aliphatic carbocycles. The third-order valence-electron chi connectivity index (χ3n) is 4.24. The lowest BCUT2D eigenvalue weighted by molar-refractivity contribution is 0.483. The number of hydrogen-bond donors (Lipinski definition) is 1. The van der Waals surface area contributed by atoms with E-state index in [2.05, 4.69) is 13.8 Å². The van der Waals surface area contributed by atoms with E-state index in [4.69, 9.17) is 4.55 Å². The average Bonchev–Trinajstić information content (AvgIpc) is 2.49. The lowest BCUT2D eigenvalue weighted by Crippen LogP contribution is -1.99. The number of unbranched alkanes of at least 4 members (excludes halogenated alkanes) is 7. The van der Waals surface area contributed by atoms with Gasteiger partial charge in [0, 0.05) is 0 Å². The number of hydrogen-bond acceptors (Lipinski definition) is 2. The molecular formula is C18H30O3S. The van der Waals surface area contributed by atoms with Gasteiger partial charge in [0.05, 0.1) is 4.90 Å². The van der Waals surface area contributed by atoms with Crippen LogP contribution in [0.3, 0.4) is 0 Å². The van der Waals surface area contributed by atoms with Gasteiger partial charge in [0.1, 0.15) is 0 Å². The van der Waals surface area contributed by atoms with E-state index in [1.807, 2.05) is 0 Å². The van der Waals surface area contributed by atoms with Crippen molar-refractivity contribution < 1.29 is 13.0 Å². The van der Waals surface area contributed by atoms with Crippen molar-refractivity contribution in [1.82, 2.24) is 0 Å². The molecule has 22 heavy (non-hydrogen) atoms. The van der Waals surface area contributed by atoms with Crippen LogP contribution in [0.4, 0.5) is 0 Å². The van der Waals surface area contributed by atoms with Crippen LogP contribution in [0, 0.1) is 0 Å². The molecule has 0 saturated heterocycles. The summed E-state index contributed by atoms with van der Waals surface area (Å²) in [4.78, 5) is -0.0319.